The van der Waals surface area contributed by atoms with E-state index in [1.54, 1.807) is 0 Å². The zero-order valence-electron chi connectivity index (χ0n) is 6.30. The third-order valence-electron chi connectivity index (χ3n) is 2.17. The van der Waals surface area contributed by atoms with Crippen LogP contribution in [0, 0.1) is 11.8 Å². The summed E-state index contributed by atoms with van der Waals surface area (Å²) in [4.78, 5) is 21.0. The molecule has 1 fully saturated rings. The minimum atomic E-state index is -1.14. The van der Waals surface area contributed by atoms with Crippen LogP contribution in [0.1, 0.15) is 12.8 Å². The molecule has 68 valence electrons. The lowest BCUT2D eigenvalue weighted by molar-refractivity contribution is -0.152. The van der Waals surface area contributed by atoms with Crippen LogP contribution >= 0.6 is 0 Å². The largest absolute Gasteiger partial charge is 0.481 e. The van der Waals surface area contributed by atoms with E-state index in [4.69, 9.17) is 15.3 Å². The molecule has 5 nitrogen and oxygen atoms in total. The Labute approximate surface area is 68.6 Å². The molecule has 12 heavy (non-hydrogen) atoms. The van der Waals surface area contributed by atoms with Gasteiger partial charge in [0.25, 0.3) is 0 Å². The van der Waals surface area contributed by atoms with E-state index < -0.39 is 29.9 Å². The second-order valence-corrected chi connectivity index (χ2v) is 3.01. The topological polar surface area (TPSA) is 94.8 Å². The van der Waals surface area contributed by atoms with Gasteiger partial charge in [0.2, 0.25) is 0 Å². The Kier molecular flexibility index (Phi) is 2.32. The zero-order chi connectivity index (χ0) is 9.30. The van der Waals surface area contributed by atoms with Gasteiger partial charge in [0, 0.05) is 0 Å². The van der Waals surface area contributed by atoms with E-state index in [9.17, 15) is 9.59 Å². The van der Waals surface area contributed by atoms with E-state index in [1.807, 2.05) is 0 Å². The van der Waals surface area contributed by atoms with Gasteiger partial charge in [0.15, 0.2) is 0 Å². The Balaban J connectivity index is 2.72. The summed E-state index contributed by atoms with van der Waals surface area (Å²) in [6.07, 6.45) is -0.689. The van der Waals surface area contributed by atoms with E-state index in [2.05, 4.69) is 0 Å². The molecule has 0 aromatic carbocycles. The summed E-state index contributed by atoms with van der Waals surface area (Å²) in [6, 6.07) is 0. The van der Waals surface area contributed by atoms with Crippen molar-refractivity contribution in [2.24, 2.45) is 11.8 Å². The number of hydrogen-bond acceptors (Lipinski definition) is 3. The lowest BCUT2D eigenvalue weighted by atomic mass is 9.97. The highest BCUT2D eigenvalue weighted by Gasteiger charge is 2.42. The van der Waals surface area contributed by atoms with Crippen molar-refractivity contribution < 1.29 is 24.9 Å². The van der Waals surface area contributed by atoms with Crippen molar-refractivity contribution in [3.63, 3.8) is 0 Å². The molecule has 0 aromatic rings. The smallest absolute Gasteiger partial charge is 0.307 e. The molecular weight excluding hydrogens is 164 g/mol. The Morgan fingerprint density at radius 3 is 1.58 bits per heavy atom. The first-order valence-corrected chi connectivity index (χ1v) is 3.66. The van der Waals surface area contributed by atoms with Crippen molar-refractivity contribution in [1.29, 1.82) is 0 Å². The van der Waals surface area contributed by atoms with Crippen LogP contribution in [0.2, 0.25) is 0 Å². The fraction of sp³-hybridized carbons (Fsp3) is 0.714. The molecule has 5 heteroatoms. The summed E-state index contributed by atoms with van der Waals surface area (Å²) in [5.41, 5.74) is 0. The highest BCUT2D eigenvalue weighted by Crippen LogP contribution is 2.32. The van der Waals surface area contributed by atoms with Gasteiger partial charge in [-0.1, -0.05) is 0 Å². The summed E-state index contributed by atoms with van der Waals surface area (Å²) >= 11 is 0. The Hall–Kier alpha value is -1.10. The van der Waals surface area contributed by atoms with Gasteiger partial charge < -0.3 is 15.3 Å². The fourth-order valence-corrected chi connectivity index (χ4v) is 1.56. The summed E-state index contributed by atoms with van der Waals surface area (Å²) in [5, 5.41) is 26.2. The molecule has 0 spiro atoms. The van der Waals surface area contributed by atoms with Gasteiger partial charge in [-0.05, 0) is 12.8 Å². The van der Waals surface area contributed by atoms with Crippen LogP contribution in [0.5, 0.6) is 0 Å². The van der Waals surface area contributed by atoms with Crippen molar-refractivity contribution >= 4 is 11.9 Å². The minimum absolute atomic E-state index is 0.0479. The Morgan fingerprint density at radius 1 is 1.00 bits per heavy atom. The molecule has 1 saturated carbocycles. The van der Waals surface area contributed by atoms with Crippen LogP contribution in [0.4, 0.5) is 0 Å². The molecule has 0 heterocycles. The van der Waals surface area contributed by atoms with Gasteiger partial charge >= 0.3 is 11.9 Å². The van der Waals surface area contributed by atoms with E-state index in [-0.39, 0.29) is 12.8 Å². The molecule has 0 aromatic heterocycles. The summed E-state index contributed by atoms with van der Waals surface area (Å²) < 4.78 is 0. The van der Waals surface area contributed by atoms with Gasteiger partial charge in [-0.15, -0.1) is 0 Å². The molecule has 1 aliphatic carbocycles. The third-order valence-corrected chi connectivity index (χ3v) is 2.17. The Bertz CT molecular complexity index is 190. The predicted molar refractivity (Wildman–Crippen MR) is 37.5 cm³/mol. The van der Waals surface area contributed by atoms with Crippen molar-refractivity contribution in [2.75, 3.05) is 0 Å². The van der Waals surface area contributed by atoms with Crippen LogP contribution < -0.4 is 0 Å². The summed E-state index contributed by atoms with van der Waals surface area (Å²) in [7, 11) is 0. The monoisotopic (exact) mass is 174 g/mol. The van der Waals surface area contributed by atoms with Gasteiger partial charge in [0.1, 0.15) is 0 Å². The number of aliphatic carboxylic acids is 2. The molecule has 0 aliphatic heterocycles. The SMILES string of the molecule is O=C(O)C1CC(O)CC1C(=O)O. The van der Waals surface area contributed by atoms with Crippen LogP contribution in [-0.4, -0.2) is 33.4 Å². The second kappa shape index (κ2) is 3.10. The molecule has 0 saturated heterocycles. The number of carboxylic acid groups (broad SMARTS) is 2. The molecule has 2 unspecified atom stereocenters. The average molecular weight is 174 g/mol. The maximum atomic E-state index is 10.5. The van der Waals surface area contributed by atoms with Crippen molar-refractivity contribution in [2.45, 2.75) is 18.9 Å². The first-order valence-electron chi connectivity index (χ1n) is 3.66. The molecule has 1 aliphatic rings. The highest BCUT2D eigenvalue weighted by atomic mass is 16.4. The first-order chi connectivity index (χ1) is 5.52. The van der Waals surface area contributed by atoms with Crippen LogP contribution in [0.3, 0.4) is 0 Å². The summed E-state index contributed by atoms with van der Waals surface area (Å²) in [6.45, 7) is 0. The fourth-order valence-electron chi connectivity index (χ4n) is 1.56. The first kappa shape index (κ1) is 8.99. The molecular formula is C7H10O5. The van der Waals surface area contributed by atoms with E-state index >= 15 is 0 Å². The molecule has 3 N–H and O–H groups in total. The average Bonchev–Trinajstić information content (AvgIpc) is 2.31. The maximum absolute atomic E-state index is 10.5. The number of rotatable bonds is 2. The predicted octanol–water partition coefficient (Wildman–Crippen LogP) is -0.457. The lowest BCUT2D eigenvalue weighted by Crippen LogP contribution is -2.24. The lowest BCUT2D eigenvalue weighted by Gasteiger charge is -2.08. The molecule has 0 radical (unpaired) electrons. The standard InChI is InChI=1S/C7H10O5/c8-3-1-4(6(9)10)5(2-3)7(11)12/h3-5,8H,1-2H2,(H,9,10)(H,11,12). The van der Waals surface area contributed by atoms with E-state index in [0.717, 1.165) is 0 Å². The van der Waals surface area contributed by atoms with Crippen LogP contribution in [-0.2, 0) is 9.59 Å². The van der Waals surface area contributed by atoms with E-state index in [0.29, 0.717) is 0 Å². The number of carboxylic acids is 2. The molecule has 2 atom stereocenters. The third kappa shape index (κ3) is 1.55. The number of hydrogen-bond donors (Lipinski definition) is 3. The Morgan fingerprint density at radius 2 is 1.33 bits per heavy atom. The van der Waals surface area contributed by atoms with Gasteiger partial charge in [-0.3, -0.25) is 9.59 Å². The summed E-state index contributed by atoms with van der Waals surface area (Å²) in [5.74, 6) is -4.15. The van der Waals surface area contributed by atoms with Crippen molar-refractivity contribution in [3.8, 4) is 0 Å². The van der Waals surface area contributed by atoms with Crippen molar-refractivity contribution in [3.05, 3.63) is 0 Å². The molecule has 0 amide bonds. The van der Waals surface area contributed by atoms with E-state index in [1.165, 1.54) is 0 Å². The number of aliphatic hydroxyl groups is 1. The second-order valence-electron chi connectivity index (χ2n) is 3.01. The van der Waals surface area contributed by atoms with Gasteiger partial charge in [-0.2, -0.15) is 0 Å². The molecule has 0 bridgehead atoms. The zero-order valence-corrected chi connectivity index (χ0v) is 6.30. The number of aliphatic hydroxyl groups excluding tert-OH is 1. The molecule has 1 rings (SSSR count). The van der Waals surface area contributed by atoms with Crippen molar-refractivity contribution in [1.82, 2.24) is 0 Å². The van der Waals surface area contributed by atoms with Gasteiger partial charge in [-0.25, -0.2) is 0 Å². The number of carbonyl (C=O) groups is 2. The van der Waals surface area contributed by atoms with Crippen LogP contribution in [0.15, 0.2) is 0 Å². The normalized spacial score (nSPS) is 34.9. The maximum Gasteiger partial charge on any atom is 0.307 e. The van der Waals surface area contributed by atoms with Gasteiger partial charge in [0.05, 0.1) is 17.9 Å². The quantitative estimate of drug-likeness (QED) is 0.526. The van der Waals surface area contributed by atoms with Crippen LogP contribution in [0.25, 0.3) is 0 Å². The highest BCUT2D eigenvalue weighted by molar-refractivity contribution is 5.80. The minimum Gasteiger partial charge on any atom is -0.481 e.